The van der Waals surface area contributed by atoms with E-state index in [1.165, 1.54) is 25.0 Å². The Bertz CT molecular complexity index is 290. The quantitative estimate of drug-likeness (QED) is 0.784. The maximum absolute atomic E-state index is 3.99. The molecule has 1 heterocycles. The lowest BCUT2D eigenvalue weighted by atomic mass is 9.78. The van der Waals surface area contributed by atoms with Crippen LogP contribution in [-0.4, -0.2) is 21.5 Å². The molecule has 2 rings (SSSR count). The third-order valence-electron chi connectivity index (χ3n) is 3.11. The van der Waals surface area contributed by atoms with Gasteiger partial charge >= 0.3 is 0 Å². The minimum Gasteiger partial charge on any atom is -0.309 e. The zero-order valence-electron chi connectivity index (χ0n) is 8.90. The van der Waals surface area contributed by atoms with E-state index in [1.54, 1.807) is 0 Å². The average Bonchev–Trinajstić information content (AvgIpc) is 2.47. The van der Waals surface area contributed by atoms with Gasteiger partial charge in [-0.15, -0.1) is 5.10 Å². The van der Waals surface area contributed by atoms with Crippen molar-refractivity contribution in [3.8, 4) is 0 Å². The van der Waals surface area contributed by atoms with Crippen LogP contribution >= 0.6 is 0 Å². The molecule has 0 spiro atoms. The maximum Gasteiger partial charge on any atom is 0.0756 e. The molecule has 0 aromatic carbocycles. The van der Waals surface area contributed by atoms with Crippen molar-refractivity contribution in [2.24, 2.45) is 13.0 Å². The Balaban J connectivity index is 2.13. The van der Waals surface area contributed by atoms with Crippen molar-refractivity contribution in [3.63, 3.8) is 0 Å². The van der Waals surface area contributed by atoms with Crippen molar-refractivity contribution in [2.45, 2.75) is 32.2 Å². The summed E-state index contributed by atoms with van der Waals surface area (Å²) in [4.78, 5) is 0. The number of nitrogens with zero attached hydrogens (tertiary/aromatic N) is 3. The van der Waals surface area contributed by atoms with E-state index in [4.69, 9.17) is 0 Å². The second kappa shape index (κ2) is 4.09. The summed E-state index contributed by atoms with van der Waals surface area (Å²) in [6, 6.07) is 0.453. The molecule has 1 unspecified atom stereocenters. The van der Waals surface area contributed by atoms with Gasteiger partial charge in [0.25, 0.3) is 0 Å². The number of aromatic nitrogens is 3. The summed E-state index contributed by atoms with van der Waals surface area (Å²) in [6.45, 7) is 3.15. The lowest BCUT2D eigenvalue weighted by Crippen LogP contribution is -2.33. The van der Waals surface area contributed by atoms with Gasteiger partial charge in [-0.05, 0) is 25.3 Å². The van der Waals surface area contributed by atoms with Crippen LogP contribution in [0.1, 0.15) is 37.9 Å². The molecular weight excluding hydrogens is 176 g/mol. The fourth-order valence-electron chi connectivity index (χ4n) is 2.09. The van der Waals surface area contributed by atoms with Crippen LogP contribution in [0.4, 0.5) is 0 Å². The number of hydrogen-bond acceptors (Lipinski definition) is 3. The first-order valence-electron chi connectivity index (χ1n) is 5.41. The Hall–Kier alpha value is -0.900. The van der Waals surface area contributed by atoms with Crippen molar-refractivity contribution in [1.29, 1.82) is 0 Å². The summed E-state index contributed by atoms with van der Waals surface area (Å²) in [5.74, 6) is 0.784. The van der Waals surface area contributed by atoms with Gasteiger partial charge < -0.3 is 5.32 Å². The first-order chi connectivity index (χ1) is 6.83. The minimum atomic E-state index is 0.453. The molecule has 1 aromatic rings. The van der Waals surface area contributed by atoms with Crippen LogP contribution in [0.15, 0.2) is 6.20 Å². The van der Waals surface area contributed by atoms with Crippen LogP contribution in [0.3, 0.4) is 0 Å². The second-order valence-corrected chi connectivity index (χ2v) is 4.01. The molecule has 0 aliphatic heterocycles. The Kier molecular flexibility index (Phi) is 2.82. The van der Waals surface area contributed by atoms with Gasteiger partial charge in [0.2, 0.25) is 0 Å². The summed E-state index contributed by atoms with van der Waals surface area (Å²) in [6.07, 6.45) is 5.93. The molecule has 0 radical (unpaired) electrons. The Morgan fingerprint density at radius 1 is 1.64 bits per heavy atom. The van der Waals surface area contributed by atoms with Gasteiger partial charge in [0.05, 0.1) is 17.9 Å². The molecule has 1 aliphatic carbocycles. The van der Waals surface area contributed by atoms with E-state index in [2.05, 4.69) is 22.6 Å². The van der Waals surface area contributed by atoms with Crippen molar-refractivity contribution in [1.82, 2.24) is 20.3 Å². The summed E-state index contributed by atoms with van der Waals surface area (Å²) in [5, 5.41) is 11.5. The van der Waals surface area contributed by atoms with E-state index >= 15 is 0 Å². The van der Waals surface area contributed by atoms with Gasteiger partial charge in [-0.3, -0.25) is 4.68 Å². The van der Waals surface area contributed by atoms with Gasteiger partial charge in [0.15, 0.2) is 0 Å². The Morgan fingerprint density at radius 2 is 2.43 bits per heavy atom. The fourth-order valence-corrected chi connectivity index (χ4v) is 2.09. The summed E-state index contributed by atoms with van der Waals surface area (Å²) in [5.41, 5.74) is 1.22. The molecule has 1 fully saturated rings. The lowest BCUT2D eigenvalue weighted by molar-refractivity contribution is 0.225. The number of nitrogens with one attached hydrogen (secondary N) is 1. The van der Waals surface area contributed by atoms with Gasteiger partial charge in [-0.1, -0.05) is 18.6 Å². The summed E-state index contributed by atoms with van der Waals surface area (Å²) < 4.78 is 1.88. The molecule has 14 heavy (non-hydrogen) atoms. The predicted molar refractivity (Wildman–Crippen MR) is 54.8 cm³/mol. The topological polar surface area (TPSA) is 42.7 Å². The fraction of sp³-hybridized carbons (Fsp3) is 0.800. The molecule has 0 amide bonds. The number of aryl methyl sites for hydroxylation is 1. The average molecular weight is 194 g/mol. The highest BCUT2D eigenvalue weighted by Gasteiger charge is 2.29. The molecule has 0 saturated heterocycles. The predicted octanol–water partition coefficient (Wildman–Crippen LogP) is 1.27. The molecule has 4 heteroatoms. The Morgan fingerprint density at radius 3 is 2.86 bits per heavy atom. The van der Waals surface area contributed by atoms with Crippen LogP contribution in [0.5, 0.6) is 0 Å². The third kappa shape index (κ3) is 1.66. The van der Waals surface area contributed by atoms with Gasteiger partial charge in [-0.2, -0.15) is 0 Å². The molecule has 1 saturated carbocycles. The van der Waals surface area contributed by atoms with E-state index in [9.17, 15) is 0 Å². The van der Waals surface area contributed by atoms with Crippen LogP contribution < -0.4 is 5.32 Å². The number of rotatable bonds is 4. The zero-order chi connectivity index (χ0) is 9.97. The summed E-state index contributed by atoms with van der Waals surface area (Å²) >= 11 is 0. The standard InChI is InChI=1S/C10H18N4/c1-3-11-10(8-5-4-6-8)9-7-12-13-14(9)2/h7-8,10-11H,3-6H2,1-2H3. The lowest BCUT2D eigenvalue weighted by Gasteiger charge is -2.33. The minimum absolute atomic E-state index is 0.453. The molecule has 4 nitrogen and oxygen atoms in total. The van der Waals surface area contributed by atoms with Crippen molar-refractivity contribution in [2.75, 3.05) is 6.54 Å². The van der Waals surface area contributed by atoms with Crippen LogP contribution in [-0.2, 0) is 7.05 Å². The second-order valence-electron chi connectivity index (χ2n) is 4.01. The molecule has 1 N–H and O–H groups in total. The number of hydrogen-bond donors (Lipinski definition) is 1. The van der Waals surface area contributed by atoms with Gasteiger partial charge in [0, 0.05) is 7.05 Å². The molecule has 78 valence electrons. The Labute approximate surface area is 84.7 Å². The molecule has 1 atom stereocenters. The highest BCUT2D eigenvalue weighted by atomic mass is 15.4. The monoisotopic (exact) mass is 194 g/mol. The third-order valence-corrected chi connectivity index (χ3v) is 3.11. The first-order valence-corrected chi connectivity index (χ1v) is 5.41. The van der Waals surface area contributed by atoms with E-state index < -0.39 is 0 Å². The molecule has 0 bridgehead atoms. The highest BCUT2D eigenvalue weighted by Crippen LogP contribution is 2.37. The molecule has 1 aliphatic rings. The van der Waals surface area contributed by atoms with Crippen molar-refractivity contribution in [3.05, 3.63) is 11.9 Å². The van der Waals surface area contributed by atoms with Gasteiger partial charge in [0.1, 0.15) is 0 Å². The van der Waals surface area contributed by atoms with E-state index in [1.807, 2.05) is 17.9 Å². The zero-order valence-corrected chi connectivity index (χ0v) is 8.90. The van der Waals surface area contributed by atoms with Crippen LogP contribution in [0.2, 0.25) is 0 Å². The van der Waals surface area contributed by atoms with E-state index in [0.717, 1.165) is 12.5 Å². The molecular formula is C10H18N4. The SMILES string of the molecule is CCNC(c1cnnn1C)C1CCC1. The van der Waals surface area contributed by atoms with E-state index in [-0.39, 0.29) is 0 Å². The normalized spacial score (nSPS) is 19.3. The van der Waals surface area contributed by atoms with Crippen molar-refractivity contribution < 1.29 is 0 Å². The highest BCUT2D eigenvalue weighted by molar-refractivity contribution is 5.05. The van der Waals surface area contributed by atoms with E-state index in [0.29, 0.717) is 6.04 Å². The van der Waals surface area contributed by atoms with Crippen molar-refractivity contribution >= 4 is 0 Å². The maximum atomic E-state index is 3.99. The summed E-state index contributed by atoms with van der Waals surface area (Å²) in [7, 11) is 1.96. The largest absolute Gasteiger partial charge is 0.309 e. The van der Waals surface area contributed by atoms with Crippen LogP contribution in [0.25, 0.3) is 0 Å². The first kappa shape index (κ1) is 9.65. The van der Waals surface area contributed by atoms with Gasteiger partial charge in [-0.25, -0.2) is 0 Å². The smallest absolute Gasteiger partial charge is 0.0756 e. The molecule has 1 aromatic heterocycles. The van der Waals surface area contributed by atoms with Crippen LogP contribution in [0, 0.1) is 5.92 Å².